The maximum Gasteiger partial charge on any atom is 0.136 e. The molecule has 2 rings (SSSR count). The molecule has 0 aliphatic carbocycles. The van der Waals surface area contributed by atoms with E-state index in [-0.39, 0.29) is 0 Å². The monoisotopic (exact) mass is 336 g/mol. The minimum atomic E-state index is 0.902. The fourth-order valence-electron chi connectivity index (χ4n) is 2.37. The van der Waals surface area contributed by atoms with Crippen LogP contribution in [0.2, 0.25) is 0 Å². The van der Waals surface area contributed by atoms with Crippen LogP contribution in [0.1, 0.15) is 19.3 Å². The van der Waals surface area contributed by atoms with E-state index in [2.05, 4.69) is 38.9 Å². The Labute approximate surface area is 129 Å². The summed E-state index contributed by atoms with van der Waals surface area (Å²) in [5.74, 6) is 1.93. The van der Waals surface area contributed by atoms with Gasteiger partial charge >= 0.3 is 0 Å². The molecule has 0 spiro atoms. The first-order valence-electron chi connectivity index (χ1n) is 6.96. The number of unbranched alkanes of at least 4 members (excludes halogenated alkanes) is 2. The first kappa shape index (κ1) is 15.1. The maximum absolute atomic E-state index is 5.42. The Morgan fingerprint density at radius 3 is 2.75 bits per heavy atom. The number of alkyl halides is 1. The van der Waals surface area contributed by atoms with Crippen molar-refractivity contribution in [3.63, 3.8) is 0 Å². The van der Waals surface area contributed by atoms with Crippen LogP contribution in [0.15, 0.2) is 30.5 Å². The van der Waals surface area contributed by atoms with Gasteiger partial charge in [0.05, 0.1) is 7.11 Å². The fourth-order valence-corrected chi connectivity index (χ4v) is 2.77. The van der Waals surface area contributed by atoms with Gasteiger partial charge in [-0.25, -0.2) is 4.98 Å². The molecule has 0 atom stereocenters. The number of benzene rings is 1. The smallest absolute Gasteiger partial charge is 0.136 e. The van der Waals surface area contributed by atoms with Crippen molar-refractivity contribution in [3.05, 3.63) is 30.5 Å². The van der Waals surface area contributed by atoms with Crippen LogP contribution in [-0.2, 0) is 0 Å². The Hall–Kier alpha value is -1.29. The summed E-state index contributed by atoms with van der Waals surface area (Å²) in [6, 6.07) is 8.12. The van der Waals surface area contributed by atoms with Crippen LogP contribution in [0.4, 0.5) is 5.82 Å². The molecule has 3 nitrogen and oxygen atoms in total. The highest BCUT2D eigenvalue weighted by molar-refractivity contribution is 9.09. The lowest BCUT2D eigenvalue weighted by Crippen LogP contribution is -2.20. The second kappa shape index (κ2) is 7.48. The zero-order chi connectivity index (χ0) is 14.4. The Balaban J connectivity index is 2.21. The summed E-state index contributed by atoms with van der Waals surface area (Å²) in [6.45, 7) is 1.02. The number of pyridine rings is 1. The topological polar surface area (TPSA) is 25.4 Å². The summed E-state index contributed by atoms with van der Waals surface area (Å²) in [5, 5.41) is 3.35. The zero-order valence-electron chi connectivity index (χ0n) is 12.1. The average Bonchev–Trinajstić information content (AvgIpc) is 2.50. The van der Waals surface area contributed by atoms with Crippen LogP contribution in [0.5, 0.6) is 5.75 Å². The summed E-state index contributed by atoms with van der Waals surface area (Å²) in [4.78, 5) is 6.77. The van der Waals surface area contributed by atoms with Gasteiger partial charge in [0, 0.05) is 35.9 Å². The van der Waals surface area contributed by atoms with Gasteiger partial charge in [0.1, 0.15) is 11.6 Å². The molecule has 1 aromatic carbocycles. The van der Waals surface area contributed by atoms with Gasteiger partial charge in [-0.1, -0.05) is 34.5 Å². The SMILES string of the molecule is COc1cccc2c(N(C)CCCCCBr)nccc12. The predicted octanol–water partition coefficient (Wildman–Crippen LogP) is 4.24. The normalized spacial score (nSPS) is 10.8. The molecule has 0 aliphatic heterocycles. The summed E-state index contributed by atoms with van der Waals surface area (Å²) in [6.07, 6.45) is 5.51. The van der Waals surface area contributed by atoms with E-state index in [1.807, 2.05) is 24.4 Å². The molecule has 0 radical (unpaired) electrons. The van der Waals surface area contributed by atoms with E-state index in [4.69, 9.17) is 4.74 Å². The van der Waals surface area contributed by atoms with Crippen molar-refractivity contribution in [2.45, 2.75) is 19.3 Å². The van der Waals surface area contributed by atoms with Crippen molar-refractivity contribution in [1.29, 1.82) is 0 Å². The van der Waals surface area contributed by atoms with E-state index in [1.54, 1.807) is 7.11 Å². The van der Waals surface area contributed by atoms with Crippen LogP contribution in [0.25, 0.3) is 10.8 Å². The maximum atomic E-state index is 5.42. The molecule has 0 fully saturated rings. The van der Waals surface area contributed by atoms with Crippen LogP contribution in [-0.4, -0.2) is 31.0 Å². The van der Waals surface area contributed by atoms with E-state index in [1.165, 1.54) is 19.3 Å². The second-order valence-electron chi connectivity index (χ2n) is 4.86. The average molecular weight is 337 g/mol. The lowest BCUT2D eigenvalue weighted by molar-refractivity contribution is 0.420. The first-order valence-corrected chi connectivity index (χ1v) is 8.09. The van der Waals surface area contributed by atoms with Gasteiger partial charge in [-0.05, 0) is 25.0 Å². The molecular weight excluding hydrogens is 316 g/mol. The van der Waals surface area contributed by atoms with Gasteiger partial charge in [-0.2, -0.15) is 0 Å². The molecule has 108 valence electrons. The number of hydrogen-bond donors (Lipinski definition) is 0. The van der Waals surface area contributed by atoms with Gasteiger partial charge in [0.2, 0.25) is 0 Å². The van der Waals surface area contributed by atoms with E-state index < -0.39 is 0 Å². The van der Waals surface area contributed by atoms with E-state index in [0.29, 0.717) is 0 Å². The summed E-state index contributed by atoms with van der Waals surface area (Å²) in [5.41, 5.74) is 0. The number of anilines is 1. The first-order chi connectivity index (χ1) is 9.77. The van der Waals surface area contributed by atoms with Gasteiger partial charge in [0.25, 0.3) is 0 Å². The third kappa shape index (κ3) is 3.42. The van der Waals surface area contributed by atoms with Crippen molar-refractivity contribution in [1.82, 2.24) is 4.98 Å². The molecule has 0 saturated carbocycles. The zero-order valence-corrected chi connectivity index (χ0v) is 13.7. The van der Waals surface area contributed by atoms with Crippen molar-refractivity contribution in [2.75, 3.05) is 30.9 Å². The van der Waals surface area contributed by atoms with Crippen LogP contribution in [0.3, 0.4) is 0 Å². The molecule has 0 unspecified atom stereocenters. The van der Waals surface area contributed by atoms with Crippen LogP contribution < -0.4 is 9.64 Å². The van der Waals surface area contributed by atoms with Gasteiger partial charge in [0.15, 0.2) is 0 Å². The number of aromatic nitrogens is 1. The molecule has 20 heavy (non-hydrogen) atoms. The van der Waals surface area contributed by atoms with Gasteiger partial charge in [-0.15, -0.1) is 0 Å². The molecule has 0 amide bonds. The molecule has 1 aromatic heterocycles. The summed E-state index contributed by atoms with van der Waals surface area (Å²) in [7, 11) is 3.81. The largest absolute Gasteiger partial charge is 0.496 e. The van der Waals surface area contributed by atoms with E-state index in [9.17, 15) is 0 Å². The highest BCUT2D eigenvalue weighted by atomic mass is 79.9. The highest BCUT2D eigenvalue weighted by Crippen LogP contribution is 2.30. The van der Waals surface area contributed by atoms with Crippen LogP contribution in [0, 0.1) is 0 Å². The highest BCUT2D eigenvalue weighted by Gasteiger charge is 2.09. The fraction of sp³-hybridized carbons (Fsp3) is 0.438. The number of rotatable bonds is 7. The summed E-state index contributed by atoms with van der Waals surface area (Å²) < 4.78 is 5.42. The van der Waals surface area contributed by atoms with Crippen molar-refractivity contribution >= 4 is 32.5 Å². The van der Waals surface area contributed by atoms with Crippen molar-refractivity contribution in [2.24, 2.45) is 0 Å². The Bertz CT molecular complexity index is 559. The molecule has 0 aliphatic rings. The number of fused-ring (bicyclic) bond motifs is 1. The molecule has 0 bridgehead atoms. The third-order valence-electron chi connectivity index (χ3n) is 3.45. The Kier molecular flexibility index (Phi) is 5.65. The Morgan fingerprint density at radius 2 is 2.00 bits per heavy atom. The Morgan fingerprint density at radius 1 is 1.15 bits per heavy atom. The van der Waals surface area contributed by atoms with E-state index >= 15 is 0 Å². The summed E-state index contributed by atoms with van der Waals surface area (Å²) >= 11 is 3.47. The van der Waals surface area contributed by atoms with Gasteiger partial charge in [-0.3, -0.25) is 0 Å². The molecule has 0 N–H and O–H groups in total. The number of ether oxygens (including phenoxy) is 1. The number of nitrogens with zero attached hydrogens (tertiary/aromatic N) is 2. The lowest BCUT2D eigenvalue weighted by atomic mass is 10.1. The lowest BCUT2D eigenvalue weighted by Gasteiger charge is -2.20. The molecule has 2 aromatic rings. The predicted molar refractivity (Wildman–Crippen MR) is 89.2 cm³/mol. The molecule has 0 saturated heterocycles. The minimum Gasteiger partial charge on any atom is -0.496 e. The quantitative estimate of drug-likeness (QED) is 0.558. The third-order valence-corrected chi connectivity index (χ3v) is 4.01. The molecular formula is C16H21BrN2O. The van der Waals surface area contributed by atoms with Crippen molar-refractivity contribution in [3.8, 4) is 5.75 Å². The van der Waals surface area contributed by atoms with E-state index in [0.717, 1.165) is 34.2 Å². The van der Waals surface area contributed by atoms with Crippen LogP contribution >= 0.6 is 15.9 Å². The molecule has 1 heterocycles. The number of methoxy groups -OCH3 is 1. The van der Waals surface area contributed by atoms with Gasteiger partial charge < -0.3 is 9.64 Å². The number of hydrogen-bond acceptors (Lipinski definition) is 3. The minimum absolute atomic E-state index is 0.902. The second-order valence-corrected chi connectivity index (χ2v) is 5.65. The number of halogens is 1. The standard InChI is InChI=1S/C16H21BrN2O/c1-19(12-5-3-4-10-17)16-14-7-6-8-15(20-2)13(14)9-11-18-16/h6-9,11H,3-5,10,12H2,1-2H3. The van der Waals surface area contributed by atoms with Crippen molar-refractivity contribution < 1.29 is 4.74 Å². The molecule has 4 heteroatoms.